The van der Waals surface area contributed by atoms with Crippen LogP contribution in [0.5, 0.6) is 0 Å². The van der Waals surface area contributed by atoms with Gasteiger partial charge in [0.1, 0.15) is 6.42 Å². The molecule has 0 unspecified atom stereocenters. The average Bonchev–Trinajstić information content (AvgIpc) is 2.47. The van der Waals surface area contributed by atoms with E-state index in [4.69, 9.17) is 4.74 Å². The summed E-state index contributed by atoms with van der Waals surface area (Å²) in [6.45, 7) is 8.49. The molecule has 1 aliphatic heterocycles. The predicted molar refractivity (Wildman–Crippen MR) is 85.8 cm³/mol. The molecular weight excluding hydrogens is 280 g/mol. The Hall–Kier alpha value is -1.88. The van der Waals surface area contributed by atoms with E-state index in [0.29, 0.717) is 26.3 Å². The Morgan fingerprint density at radius 2 is 1.82 bits per heavy atom. The summed E-state index contributed by atoms with van der Waals surface area (Å²) in [5, 5.41) is 2.87. The number of anilines is 1. The Balaban J connectivity index is 1.99. The Bertz CT molecular complexity index is 543. The van der Waals surface area contributed by atoms with Crippen molar-refractivity contribution in [2.75, 3.05) is 31.6 Å². The molecule has 2 rings (SSSR count). The van der Waals surface area contributed by atoms with Gasteiger partial charge in [0.25, 0.3) is 0 Å². The number of hydrogen-bond acceptors (Lipinski definition) is 3. The fraction of sp³-hybridized carbons (Fsp3) is 0.529. The van der Waals surface area contributed by atoms with Crippen molar-refractivity contribution in [3.05, 3.63) is 29.8 Å². The first-order valence-corrected chi connectivity index (χ1v) is 7.63. The Morgan fingerprint density at radius 3 is 2.45 bits per heavy atom. The van der Waals surface area contributed by atoms with E-state index < -0.39 is 0 Å². The SMILES string of the molecule is CC(C)(C)c1ccccc1NC(=O)CC(=O)N1CCOCC1. The maximum Gasteiger partial charge on any atom is 0.233 e. The average molecular weight is 304 g/mol. The molecule has 0 spiro atoms. The van der Waals surface area contributed by atoms with E-state index in [1.54, 1.807) is 4.90 Å². The summed E-state index contributed by atoms with van der Waals surface area (Å²) in [7, 11) is 0. The zero-order chi connectivity index (χ0) is 16.2. The summed E-state index contributed by atoms with van der Waals surface area (Å²) in [5.41, 5.74) is 1.76. The molecule has 1 aromatic rings. The lowest BCUT2D eigenvalue weighted by Crippen LogP contribution is -2.42. The van der Waals surface area contributed by atoms with Crippen LogP contribution in [0.4, 0.5) is 5.69 Å². The van der Waals surface area contributed by atoms with Crippen molar-refractivity contribution in [1.29, 1.82) is 0 Å². The molecule has 0 aliphatic carbocycles. The highest BCUT2D eigenvalue weighted by atomic mass is 16.5. The van der Waals surface area contributed by atoms with Gasteiger partial charge in [-0.25, -0.2) is 0 Å². The molecule has 0 saturated carbocycles. The quantitative estimate of drug-likeness (QED) is 0.871. The van der Waals surface area contributed by atoms with Gasteiger partial charge in [-0.3, -0.25) is 9.59 Å². The second-order valence-corrected chi connectivity index (χ2v) is 6.51. The molecule has 0 radical (unpaired) electrons. The third kappa shape index (κ3) is 4.31. The number of carbonyl (C=O) groups excluding carboxylic acids is 2. The summed E-state index contributed by atoms with van der Waals surface area (Å²) < 4.78 is 5.21. The molecule has 2 amide bonds. The molecule has 1 N–H and O–H groups in total. The summed E-state index contributed by atoms with van der Waals surface area (Å²) in [6, 6.07) is 7.71. The fourth-order valence-electron chi connectivity index (χ4n) is 2.50. The normalized spacial score (nSPS) is 15.5. The van der Waals surface area contributed by atoms with Crippen LogP contribution in [0.25, 0.3) is 0 Å². The van der Waals surface area contributed by atoms with Crippen LogP contribution < -0.4 is 5.32 Å². The van der Waals surface area contributed by atoms with Crippen molar-refractivity contribution >= 4 is 17.5 Å². The molecular formula is C17H24N2O3. The van der Waals surface area contributed by atoms with Gasteiger partial charge >= 0.3 is 0 Å². The number of benzene rings is 1. The number of ether oxygens (including phenoxy) is 1. The standard InChI is InChI=1S/C17H24N2O3/c1-17(2,3)13-6-4-5-7-14(13)18-15(20)12-16(21)19-8-10-22-11-9-19/h4-7H,8-12H2,1-3H3,(H,18,20). The number of nitrogens with one attached hydrogen (secondary N) is 1. The maximum absolute atomic E-state index is 12.2. The molecule has 0 aromatic heterocycles. The van der Waals surface area contributed by atoms with Gasteiger partial charge in [0, 0.05) is 18.8 Å². The first-order chi connectivity index (χ1) is 10.4. The molecule has 1 saturated heterocycles. The minimum Gasteiger partial charge on any atom is -0.378 e. The molecule has 5 heteroatoms. The molecule has 120 valence electrons. The second-order valence-electron chi connectivity index (χ2n) is 6.51. The van der Waals surface area contributed by atoms with E-state index >= 15 is 0 Å². The van der Waals surface area contributed by atoms with Gasteiger partial charge < -0.3 is 15.0 Å². The summed E-state index contributed by atoms with van der Waals surface area (Å²) in [5.74, 6) is -0.415. The van der Waals surface area contributed by atoms with Crippen LogP contribution in [0.2, 0.25) is 0 Å². The second kappa shape index (κ2) is 6.92. The van der Waals surface area contributed by atoms with Gasteiger partial charge in [-0.05, 0) is 17.0 Å². The van der Waals surface area contributed by atoms with Crippen LogP contribution in [-0.4, -0.2) is 43.0 Å². The highest BCUT2D eigenvalue weighted by Gasteiger charge is 2.22. The third-order valence-corrected chi connectivity index (χ3v) is 3.68. The third-order valence-electron chi connectivity index (χ3n) is 3.68. The fourth-order valence-corrected chi connectivity index (χ4v) is 2.50. The summed E-state index contributed by atoms with van der Waals surface area (Å²) in [6.07, 6.45) is -0.127. The van der Waals surface area contributed by atoms with Gasteiger partial charge in [0.15, 0.2) is 0 Å². The van der Waals surface area contributed by atoms with Crippen LogP contribution in [0.1, 0.15) is 32.8 Å². The summed E-state index contributed by atoms with van der Waals surface area (Å²) >= 11 is 0. The number of para-hydroxylation sites is 1. The van der Waals surface area contributed by atoms with Crippen molar-refractivity contribution in [2.45, 2.75) is 32.6 Å². The minimum absolute atomic E-state index is 0.0713. The van der Waals surface area contributed by atoms with Crippen molar-refractivity contribution in [2.24, 2.45) is 0 Å². The van der Waals surface area contributed by atoms with Crippen LogP contribution in [0.15, 0.2) is 24.3 Å². The smallest absolute Gasteiger partial charge is 0.233 e. The Labute approximate surface area is 131 Å². The largest absolute Gasteiger partial charge is 0.378 e. The van der Waals surface area contributed by atoms with E-state index in [1.807, 2.05) is 24.3 Å². The Morgan fingerprint density at radius 1 is 1.18 bits per heavy atom. The zero-order valence-electron chi connectivity index (χ0n) is 13.5. The van der Waals surface area contributed by atoms with Crippen LogP contribution in [0, 0.1) is 0 Å². The van der Waals surface area contributed by atoms with Gasteiger partial charge in [0.05, 0.1) is 13.2 Å². The van der Waals surface area contributed by atoms with E-state index in [-0.39, 0.29) is 23.7 Å². The molecule has 22 heavy (non-hydrogen) atoms. The topological polar surface area (TPSA) is 58.6 Å². The van der Waals surface area contributed by atoms with E-state index in [0.717, 1.165) is 11.3 Å². The van der Waals surface area contributed by atoms with Gasteiger partial charge in [-0.15, -0.1) is 0 Å². The molecule has 1 heterocycles. The van der Waals surface area contributed by atoms with Gasteiger partial charge in [0.2, 0.25) is 11.8 Å². The highest BCUT2D eigenvalue weighted by Crippen LogP contribution is 2.29. The van der Waals surface area contributed by atoms with Crippen LogP contribution in [-0.2, 0) is 19.7 Å². The van der Waals surface area contributed by atoms with Gasteiger partial charge in [-0.2, -0.15) is 0 Å². The summed E-state index contributed by atoms with van der Waals surface area (Å²) in [4.78, 5) is 25.9. The van der Waals surface area contributed by atoms with Crippen molar-refractivity contribution in [3.63, 3.8) is 0 Å². The van der Waals surface area contributed by atoms with Crippen LogP contribution in [0.3, 0.4) is 0 Å². The molecule has 1 fully saturated rings. The molecule has 0 bridgehead atoms. The van der Waals surface area contributed by atoms with Crippen molar-refractivity contribution < 1.29 is 14.3 Å². The number of carbonyl (C=O) groups is 2. The number of amides is 2. The van der Waals surface area contributed by atoms with E-state index in [9.17, 15) is 9.59 Å². The molecule has 1 aliphatic rings. The lowest BCUT2D eigenvalue weighted by molar-refractivity contribution is -0.138. The zero-order valence-corrected chi connectivity index (χ0v) is 13.5. The number of nitrogens with zero attached hydrogens (tertiary/aromatic N) is 1. The maximum atomic E-state index is 12.2. The molecule has 5 nitrogen and oxygen atoms in total. The highest BCUT2D eigenvalue weighted by molar-refractivity contribution is 6.04. The lowest BCUT2D eigenvalue weighted by atomic mass is 9.86. The first kappa shape index (κ1) is 16.5. The minimum atomic E-state index is -0.270. The molecule has 1 aromatic carbocycles. The number of hydrogen-bond donors (Lipinski definition) is 1. The van der Waals surface area contributed by atoms with Crippen molar-refractivity contribution in [3.8, 4) is 0 Å². The van der Waals surface area contributed by atoms with E-state index in [1.165, 1.54) is 0 Å². The van der Waals surface area contributed by atoms with Gasteiger partial charge in [-0.1, -0.05) is 39.0 Å². The molecule has 0 atom stereocenters. The predicted octanol–water partition coefficient (Wildman–Crippen LogP) is 2.17. The number of morpholine rings is 1. The lowest BCUT2D eigenvalue weighted by Gasteiger charge is -2.27. The number of rotatable bonds is 3. The van der Waals surface area contributed by atoms with Crippen molar-refractivity contribution in [1.82, 2.24) is 4.90 Å². The van der Waals surface area contributed by atoms with E-state index in [2.05, 4.69) is 26.1 Å². The van der Waals surface area contributed by atoms with Crippen LogP contribution >= 0.6 is 0 Å². The Kier molecular flexibility index (Phi) is 5.19. The first-order valence-electron chi connectivity index (χ1n) is 7.63. The monoisotopic (exact) mass is 304 g/mol.